The van der Waals surface area contributed by atoms with Crippen LogP contribution in [0.5, 0.6) is 0 Å². The summed E-state index contributed by atoms with van der Waals surface area (Å²) in [6, 6.07) is 0. The van der Waals surface area contributed by atoms with Gasteiger partial charge in [-0.15, -0.1) is 6.42 Å². The second-order valence-corrected chi connectivity index (χ2v) is 6.78. The van der Waals surface area contributed by atoms with E-state index in [1.807, 2.05) is 0 Å². The van der Waals surface area contributed by atoms with E-state index < -0.39 is 18.5 Å². The van der Waals surface area contributed by atoms with Gasteiger partial charge in [0.2, 0.25) is 5.91 Å². The van der Waals surface area contributed by atoms with E-state index in [2.05, 4.69) is 16.0 Å². The first-order valence-electron chi connectivity index (χ1n) is 11.8. The smallest absolute Gasteiger partial charge is 0.329 e. The molecule has 210 valence electrons. The molecule has 0 aromatic rings. The normalized spacial score (nSPS) is 10.9. The largest absolute Gasteiger partial charge is 0.480 e. The Morgan fingerprint density at radius 3 is 1.28 bits per heavy atom. The van der Waals surface area contributed by atoms with E-state index in [1.54, 1.807) is 0 Å². The monoisotopic (exact) mass is 523 g/mol. The van der Waals surface area contributed by atoms with Crippen LogP contribution in [0.15, 0.2) is 0 Å². The molecule has 0 rings (SSSR count). The van der Waals surface area contributed by atoms with Gasteiger partial charge in [-0.1, -0.05) is 5.92 Å². The van der Waals surface area contributed by atoms with E-state index in [0.29, 0.717) is 112 Å². The van der Waals surface area contributed by atoms with Gasteiger partial charge in [0.25, 0.3) is 0 Å². The van der Waals surface area contributed by atoms with Crippen molar-refractivity contribution in [3.05, 3.63) is 0 Å². The minimum atomic E-state index is -1.12. The van der Waals surface area contributed by atoms with Crippen molar-refractivity contribution in [2.24, 2.45) is 0 Å². The lowest BCUT2D eigenvalue weighted by atomic mass is 10.6. The zero-order chi connectivity index (χ0) is 26.4. The molecule has 13 nitrogen and oxygen atoms in total. The Morgan fingerprint density at radius 1 is 0.556 bits per heavy atom. The summed E-state index contributed by atoms with van der Waals surface area (Å²) in [5, 5.41) is 10.9. The molecule has 36 heavy (non-hydrogen) atoms. The van der Waals surface area contributed by atoms with Crippen LogP contribution in [0.3, 0.4) is 0 Å². The number of terminal acetylenes is 1. The molecule has 0 aromatic carbocycles. The summed E-state index contributed by atoms with van der Waals surface area (Å²) >= 11 is 0. The molecule has 13 heteroatoms. The molecule has 0 unspecified atom stereocenters. The van der Waals surface area contributed by atoms with Gasteiger partial charge >= 0.3 is 5.97 Å². The fraction of sp³-hybridized carbons (Fsp3) is 0.826. The van der Waals surface area contributed by atoms with Crippen molar-refractivity contribution in [2.45, 2.75) is 0 Å². The Labute approximate surface area is 212 Å². The number of amides is 1. The predicted molar refractivity (Wildman–Crippen MR) is 127 cm³/mol. The Bertz CT molecular complexity index is 544. The number of carbonyl (C=O) groups is 2. The maximum atomic E-state index is 11.3. The topological polar surface area (TPSA) is 149 Å². The minimum absolute atomic E-state index is 0.297. The van der Waals surface area contributed by atoms with Crippen LogP contribution in [0.1, 0.15) is 0 Å². The van der Waals surface area contributed by atoms with Gasteiger partial charge in [0, 0.05) is 6.54 Å². The van der Waals surface area contributed by atoms with Crippen molar-refractivity contribution in [3.8, 4) is 12.3 Å². The Kier molecular flexibility index (Phi) is 27.9. The summed E-state index contributed by atoms with van der Waals surface area (Å²) in [6.45, 7) is 6.65. The highest BCUT2D eigenvalue weighted by Gasteiger charge is 2.03. The first-order valence-corrected chi connectivity index (χ1v) is 11.8. The van der Waals surface area contributed by atoms with Crippen LogP contribution in [-0.4, -0.2) is 142 Å². The number of nitrogens with one attached hydrogen (secondary N) is 1. The third-order valence-electron chi connectivity index (χ3n) is 3.82. The molecule has 0 heterocycles. The maximum absolute atomic E-state index is 11.3. The lowest BCUT2D eigenvalue weighted by Gasteiger charge is -2.09. The summed E-state index contributed by atoms with van der Waals surface area (Å²) in [5.74, 6) is 0.865. The van der Waals surface area contributed by atoms with Gasteiger partial charge in [-0.2, -0.15) is 0 Å². The lowest BCUT2D eigenvalue weighted by molar-refractivity contribution is -0.143. The van der Waals surface area contributed by atoms with Crippen LogP contribution in [0.2, 0.25) is 0 Å². The van der Waals surface area contributed by atoms with Crippen LogP contribution in [0, 0.1) is 12.3 Å². The number of hydrogen-bond donors (Lipinski definition) is 2. The Morgan fingerprint density at radius 2 is 0.917 bits per heavy atom. The van der Waals surface area contributed by atoms with Gasteiger partial charge in [-0.05, 0) is 0 Å². The predicted octanol–water partition coefficient (Wildman–Crippen LogP) is -1.03. The van der Waals surface area contributed by atoms with E-state index in [1.165, 1.54) is 0 Å². The van der Waals surface area contributed by atoms with E-state index in [9.17, 15) is 9.59 Å². The van der Waals surface area contributed by atoms with Crippen molar-refractivity contribution < 1.29 is 57.3 Å². The molecule has 0 aromatic heterocycles. The summed E-state index contributed by atoms with van der Waals surface area (Å²) in [7, 11) is 0. The number of carboxylic acid groups (broad SMARTS) is 1. The molecule has 0 fully saturated rings. The third kappa shape index (κ3) is 30.2. The van der Waals surface area contributed by atoms with Crippen molar-refractivity contribution in [3.63, 3.8) is 0 Å². The molecular weight excluding hydrogens is 482 g/mol. The number of hydrogen-bond acceptors (Lipinski definition) is 11. The van der Waals surface area contributed by atoms with E-state index in [-0.39, 0.29) is 6.61 Å². The standard InChI is InChI=1S/C23H41NO12/c1-2-4-28-6-8-30-10-12-32-14-16-34-18-19-35-17-15-33-13-11-31-9-7-29-5-3-24-22(25)20-36-21-23(26)27/h1H,3-21H2,(H,24,25)(H,26,27). The van der Waals surface area contributed by atoms with Gasteiger partial charge < -0.3 is 53.1 Å². The second kappa shape index (κ2) is 29.4. The van der Waals surface area contributed by atoms with Gasteiger partial charge in [-0.25, -0.2) is 4.79 Å². The highest BCUT2D eigenvalue weighted by Crippen LogP contribution is 1.86. The molecule has 0 aliphatic carbocycles. The molecule has 2 N–H and O–H groups in total. The molecule has 0 aliphatic rings. The quantitative estimate of drug-likeness (QED) is 0.0912. The molecule has 0 saturated heterocycles. The zero-order valence-corrected chi connectivity index (χ0v) is 21.0. The summed E-state index contributed by atoms with van der Waals surface area (Å²) in [5.41, 5.74) is 0. The number of ether oxygens (including phenoxy) is 9. The van der Waals surface area contributed by atoms with Gasteiger partial charge in [0.05, 0.1) is 99.1 Å². The Hall–Kier alpha value is -1.86. The van der Waals surface area contributed by atoms with Gasteiger partial charge in [0.15, 0.2) is 0 Å². The summed E-state index contributed by atoms with van der Waals surface area (Å²) in [6.07, 6.45) is 5.06. The molecule has 0 bridgehead atoms. The van der Waals surface area contributed by atoms with Crippen molar-refractivity contribution >= 4 is 11.9 Å². The minimum Gasteiger partial charge on any atom is -0.480 e. The van der Waals surface area contributed by atoms with Crippen molar-refractivity contribution in [1.29, 1.82) is 0 Å². The molecule has 0 radical (unpaired) electrons. The SMILES string of the molecule is C#CCOCCOCCOCCOCCOCCOCCOCCOCCNC(=O)COCC(=O)O. The highest BCUT2D eigenvalue weighted by molar-refractivity contribution is 5.77. The van der Waals surface area contributed by atoms with Crippen LogP contribution in [0.25, 0.3) is 0 Å². The fourth-order valence-corrected chi connectivity index (χ4v) is 2.22. The van der Waals surface area contributed by atoms with Crippen molar-refractivity contribution in [1.82, 2.24) is 5.32 Å². The molecule has 0 atom stereocenters. The van der Waals surface area contributed by atoms with Crippen LogP contribution >= 0.6 is 0 Å². The highest BCUT2D eigenvalue weighted by atomic mass is 16.6. The number of carboxylic acids is 1. The molecule has 1 amide bonds. The Balaban J connectivity index is 3.09. The summed E-state index contributed by atoms with van der Waals surface area (Å²) < 4.78 is 47.3. The molecule has 0 aliphatic heterocycles. The molecular formula is C23H41NO12. The van der Waals surface area contributed by atoms with Gasteiger partial charge in [0.1, 0.15) is 19.8 Å². The van der Waals surface area contributed by atoms with E-state index >= 15 is 0 Å². The van der Waals surface area contributed by atoms with Crippen molar-refractivity contribution in [2.75, 3.05) is 125 Å². The van der Waals surface area contributed by atoms with E-state index in [0.717, 1.165) is 0 Å². The number of aliphatic carboxylic acids is 1. The summed E-state index contributed by atoms with van der Waals surface area (Å²) in [4.78, 5) is 21.6. The zero-order valence-electron chi connectivity index (χ0n) is 21.0. The second-order valence-electron chi connectivity index (χ2n) is 6.78. The fourth-order valence-electron chi connectivity index (χ4n) is 2.22. The third-order valence-corrected chi connectivity index (χ3v) is 3.82. The first-order chi connectivity index (χ1) is 17.7. The average Bonchev–Trinajstić information content (AvgIpc) is 2.86. The number of rotatable bonds is 29. The lowest BCUT2D eigenvalue weighted by Crippen LogP contribution is -2.31. The molecule has 0 spiro atoms. The van der Waals surface area contributed by atoms with Crippen LogP contribution < -0.4 is 5.32 Å². The van der Waals surface area contributed by atoms with Crippen LogP contribution in [0.4, 0.5) is 0 Å². The average molecular weight is 524 g/mol. The number of carbonyl (C=O) groups excluding carboxylic acids is 1. The first kappa shape index (κ1) is 34.1. The molecule has 0 saturated carbocycles. The maximum Gasteiger partial charge on any atom is 0.329 e. The van der Waals surface area contributed by atoms with Gasteiger partial charge in [-0.3, -0.25) is 4.79 Å². The van der Waals surface area contributed by atoms with E-state index in [4.69, 9.17) is 49.4 Å². The van der Waals surface area contributed by atoms with Crippen LogP contribution in [-0.2, 0) is 52.2 Å².